The predicted octanol–water partition coefficient (Wildman–Crippen LogP) is 2.45. The summed E-state index contributed by atoms with van der Waals surface area (Å²) in [6, 6.07) is 8.57. The van der Waals surface area contributed by atoms with Crippen molar-refractivity contribution in [1.82, 2.24) is 0 Å². The summed E-state index contributed by atoms with van der Waals surface area (Å²) in [5, 5.41) is 3.42. The lowest BCUT2D eigenvalue weighted by Crippen LogP contribution is -2.23. The Balaban J connectivity index is 2.70. The van der Waals surface area contributed by atoms with E-state index in [1.165, 1.54) is 0 Å². The first-order valence-corrected chi connectivity index (χ1v) is 5.34. The van der Waals surface area contributed by atoms with E-state index in [-0.39, 0.29) is 5.71 Å². The van der Waals surface area contributed by atoms with Crippen molar-refractivity contribution in [2.75, 3.05) is 0 Å². The summed E-state index contributed by atoms with van der Waals surface area (Å²) in [4.78, 5) is 26.4. The molecule has 0 unspecified atom stereocenters. The topological polar surface area (TPSA) is 65.0 Å². The number of rotatable bonds is 3. The van der Waals surface area contributed by atoms with E-state index < -0.39 is 11.8 Å². The van der Waals surface area contributed by atoms with E-state index in [9.17, 15) is 9.59 Å². The third-order valence-electron chi connectivity index (χ3n) is 1.74. The highest BCUT2D eigenvalue weighted by atomic mass is 16.8. The lowest BCUT2D eigenvalue weighted by Gasteiger charge is -2.17. The molecule has 0 saturated heterocycles. The van der Waals surface area contributed by atoms with Crippen LogP contribution in [0, 0.1) is 0 Å². The van der Waals surface area contributed by atoms with E-state index in [0.717, 1.165) is 0 Å². The van der Waals surface area contributed by atoms with Crippen LogP contribution in [0.2, 0.25) is 0 Å². The lowest BCUT2D eigenvalue weighted by molar-refractivity contribution is -0.00605. The Morgan fingerprint density at radius 1 is 1.22 bits per heavy atom. The van der Waals surface area contributed by atoms with Crippen molar-refractivity contribution in [3.8, 4) is 0 Å². The maximum atomic E-state index is 11.2. The molecule has 0 atom stereocenters. The van der Waals surface area contributed by atoms with Gasteiger partial charge in [-0.15, -0.1) is 0 Å². The van der Waals surface area contributed by atoms with E-state index in [0.29, 0.717) is 5.56 Å². The molecule has 0 aliphatic carbocycles. The molecule has 1 aromatic carbocycles. The molecule has 0 bridgehead atoms. The summed E-state index contributed by atoms with van der Waals surface area (Å²) in [6.45, 7) is 5.09. The van der Waals surface area contributed by atoms with Crippen LogP contribution in [0.4, 0.5) is 4.79 Å². The Kier molecular flexibility index (Phi) is 4.59. The van der Waals surface area contributed by atoms with Crippen LogP contribution in [0.15, 0.2) is 35.5 Å². The fourth-order valence-electron chi connectivity index (χ4n) is 1.08. The van der Waals surface area contributed by atoms with Crippen molar-refractivity contribution in [2.45, 2.75) is 26.4 Å². The summed E-state index contributed by atoms with van der Waals surface area (Å²) >= 11 is 0. The Bertz CT molecular complexity index is 446. The van der Waals surface area contributed by atoms with Crippen LogP contribution >= 0.6 is 0 Å². The maximum Gasteiger partial charge on any atom is 0.535 e. The number of hydrogen-bond donors (Lipinski definition) is 0. The van der Waals surface area contributed by atoms with Crippen LogP contribution in [-0.2, 0) is 14.4 Å². The molecule has 5 heteroatoms. The molecule has 0 saturated carbocycles. The van der Waals surface area contributed by atoms with Crippen molar-refractivity contribution in [1.29, 1.82) is 0 Å². The summed E-state index contributed by atoms with van der Waals surface area (Å²) in [5.41, 5.74) is -0.262. The van der Waals surface area contributed by atoms with Crippen LogP contribution in [0.5, 0.6) is 0 Å². The lowest BCUT2D eigenvalue weighted by atomic mass is 10.1. The normalized spacial score (nSPS) is 11.8. The molecule has 0 heterocycles. The monoisotopic (exact) mass is 248 g/mol. The van der Waals surface area contributed by atoms with Gasteiger partial charge >= 0.3 is 6.16 Å². The molecule has 1 radical (unpaired) electrons. The first-order valence-electron chi connectivity index (χ1n) is 5.34. The van der Waals surface area contributed by atoms with Crippen molar-refractivity contribution in [3.05, 3.63) is 35.9 Å². The molecule has 0 aliphatic heterocycles. The molecular weight excluding hydrogens is 234 g/mol. The van der Waals surface area contributed by atoms with Crippen LogP contribution in [0.1, 0.15) is 26.3 Å². The molecule has 0 amide bonds. The van der Waals surface area contributed by atoms with Gasteiger partial charge in [0.25, 0.3) is 6.29 Å². The van der Waals surface area contributed by atoms with Gasteiger partial charge < -0.3 is 4.74 Å². The van der Waals surface area contributed by atoms with Crippen molar-refractivity contribution in [3.63, 3.8) is 0 Å². The zero-order valence-electron chi connectivity index (χ0n) is 10.5. The minimum Gasteiger partial charge on any atom is -0.427 e. The number of carbonyl (C=O) groups is 1. The second-order valence-corrected chi connectivity index (χ2v) is 4.46. The Morgan fingerprint density at radius 3 is 2.33 bits per heavy atom. The van der Waals surface area contributed by atoms with Gasteiger partial charge in [-0.3, -0.25) is 9.63 Å². The standard InChI is InChI=1S/C13H14NO4/c1-13(2,3)17-12(16)18-14-11(9-15)10-7-5-4-6-8-10/h4-8H,1-3H3. The van der Waals surface area contributed by atoms with Gasteiger partial charge in [-0.25, -0.2) is 4.79 Å². The van der Waals surface area contributed by atoms with Crippen LogP contribution in [0.25, 0.3) is 0 Å². The first-order chi connectivity index (χ1) is 8.42. The van der Waals surface area contributed by atoms with Gasteiger partial charge in [-0.2, -0.15) is 0 Å². The third-order valence-corrected chi connectivity index (χ3v) is 1.74. The molecule has 95 valence electrons. The largest absolute Gasteiger partial charge is 0.535 e. The van der Waals surface area contributed by atoms with E-state index in [1.54, 1.807) is 57.4 Å². The van der Waals surface area contributed by atoms with Gasteiger partial charge in [0.15, 0.2) is 5.71 Å². The zero-order valence-corrected chi connectivity index (χ0v) is 10.5. The summed E-state index contributed by atoms with van der Waals surface area (Å²) in [6.07, 6.45) is 0.637. The van der Waals surface area contributed by atoms with Crippen LogP contribution in [-0.4, -0.2) is 23.8 Å². The molecule has 0 spiro atoms. The highest BCUT2D eigenvalue weighted by Crippen LogP contribution is 2.08. The quantitative estimate of drug-likeness (QED) is 0.356. The average molecular weight is 248 g/mol. The van der Waals surface area contributed by atoms with Crippen LogP contribution < -0.4 is 0 Å². The van der Waals surface area contributed by atoms with Crippen molar-refractivity contribution in [2.24, 2.45) is 5.16 Å². The van der Waals surface area contributed by atoms with Gasteiger partial charge in [0.1, 0.15) is 5.60 Å². The van der Waals surface area contributed by atoms with E-state index in [1.807, 2.05) is 0 Å². The molecule has 0 aromatic heterocycles. The summed E-state index contributed by atoms with van der Waals surface area (Å²) in [5.74, 6) is 0. The molecule has 1 aromatic rings. The zero-order chi connectivity index (χ0) is 13.6. The van der Waals surface area contributed by atoms with E-state index in [4.69, 9.17) is 4.74 Å². The van der Waals surface area contributed by atoms with Gasteiger partial charge in [0.05, 0.1) is 0 Å². The van der Waals surface area contributed by atoms with Gasteiger partial charge in [0.2, 0.25) is 0 Å². The average Bonchev–Trinajstić information content (AvgIpc) is 2.29. The third kappa shape index (κ3) is 4.78. The number of oxime groups is 1. The first kappa shape index (κ1) is 13.9. The second kappa shape index (κ2) is 5.95. The summed E-state index contributed by atoms with van der Waals surface area (Å²) < 4.78 is 4.87. The second-order valence-electron chi connectivity index (χ2n) is 4.46. The minimum atomic E-state index is -0.966. The van der Waals surface area contributed by atoms with Gasteiger partial charge in [-0.05, 0) is 20.8 Å². The SMILES string of the molecule is CC(C)(C)OC(=O)ON=C([C]=O)c1ccccc1. The molecular formula is C13H14NO4. The highest BCUT2D eigenvalue weighted by Gasteiger charge is 2.18. The number of benzene rings is 1. The molecule has 1 rings (SSSR count). The van der Waals surface area contributed by atoms with E-state index >= 15 is 0 Å². The van der Waals surface area contributed by atoms with Crippen LogP contribution in [0.3, 0.4) is 0 Å². The predicted molar refractivity (Wildman–Crippen MR) is 66.0 cm³/mol. The smallest absolute Gasteiger partial charge is 0.427 e. The highest BCUT2D eigenvalue weighted by molar-refractivity contribution is 6.36. The molecule has 0 aliphatic rings. The number of ether oxygens (including phenoxy) is 1. The Morgan fingerprint density at radius 2 is 1.83 bits per heavy atom. The fourth-order valence-corrected chi connectivity index (χ4v) is 1.08. The van der Waals surface area contributed by atoms with Gasteiger partial charge in [0, 0.05) is 5.56 Å². The van der Waals surface area contributed by atoms with E-state index in [2.05, 4.69) is 9.99 Å². The minimum absolute atomic E-state index is 0.0959. The Hall–Kier alpha value is -2.17. The number of carbonyl (C=O) groups excluding carboxylic acids is 2. The van der Waals surface area contributed by atoms with Gasteiger partial charge in [-0.1, -0.05) is 35.5 Å². The maximum absolute atomic E-state index is 11.2. The Labute approximate surface area is 105 Å². The molecule has 0 fully saturated rings. The summed E-state index contributed by atoms with van der Waals surface area (Å²) in [7, 11) is 0. The van der Waals surface area contributed by atoms with Crippen molar-refractivity contribution >= 4 is 18.2 Å². The number of nitrogens with zero attached hydrogens (tertiary/aromatic N) is 1. The molecule has 0 N–H and O–H groups in total. The number of hydrogen-bond acceptors (Lipinski definition) is 5. The van der Waals surface area contributed by atoms with Crippen molar-refractivity contribution < 1.29 is 19.2 Å². The fraction of sp³-hybridized carbons (Fsp3) is 0.308. The molecule has 5 nitrogen and oxygen atoms in total. The molecule has 18 heavy (non-hydrogen) atoms.